The number of aliphatic hydroxyl groups is 2. The second-order valence-corrected chi connectivity index (χ2v) is 9.04. The molecule has 0 spiro atoms. The van der Waals surface area contributed by atoms with Gasteiger partial charge < -0.3 is 20.4 Å². The van der Waals surface area contributed by atoms with E-state index in [9.17, 15) is 30.7 Å². The van der Waals surface area contributed by atoms with Crippen LogP contribution >= 0.6 is 0 Å². The van der Waals surface area contributed by atoms with E-state index in [1.54, 1.807) is 0 Å². The number of nitrogens with zero attached hydrogens (tertiary/aromatic N) is 1. The standard InChI is InChI=1S/C13H16F3NO.C7H4F4.C6H13NO/c14-13(15,16)11-1-3-12(4-2-11)17-7-5-10(9-18)6-8-17;8-6-3-1-5(2-4-6)7(9,10)11;8-5-6-1-3-7-4-2-6/h1-4,10,18H,5-9H2;1-4H;6-8H,1-5H2. The van der Waals surface area contributed by atoms with Gasteiger partial charge in [0.15, 0.2) is 0 Å². The molecule has 208 valence electrons. The van der Waals surface area contributed by atoms with Gasteiger partial charge >= 0.3 is 12.4 Å². The number of nitrogens with one attached hydrogen (secondary N) is 1. The van der Waals surface area contributed by atoms with Crippen LogP contribution in [0.25, 0.3) is 0 Å². The predicted molar refractivity (Wildman–Crippen MR) is 128 cm³/mol. The summed E-state index contributed by atoms with van der Waals surface area (Å²) < 4.78 is 84.8. The maximum atomic E-state index is 12.4. The largest absolute Gasteiger partial charge is 0.416 e. The van der Waals surface area contributed by atoms with Gasteiger partial charge in [0.25, 0.3) is 0 Å². The summed E-state index contributed by atoms with van der Waals surface area (Å²) >= 11 is 0. The monoisotopic (exact) mass is 538 g/mol. The van der Waals surface area contributed by atoms with E-state index in [-0.39, 0.29) is 6.61 Å². The number of hydrogen-bond acceptors (Lipinski definition) is 4. The molecule has 0 aliphatic carbocycles. The molecule has 0 amide bonds. The van der Waals surface area contributed by atoms with Crippen LogP contribution in [0.15, 0.2) is 48.5 Å². The summed E-state index contributed by atoms with van der Waals surface area (Å²) in [7, 11) is 0. The summed E-state index contributed by atoms with van der Waals surface area (Å²) in [5, 5.41) is 20.9. The number of benzene rings is 2. The lowest BCUT2D eigenvalue weighted by atomic mass is 9.97. The number of alkyl halides is 6. The topological polar surface area (TPSA) is 55.7 Å². The van der Waals surface area contributed by atoms with Crippen molar-refractivity contribution in [3.05, 3.63) is 65.5 Å². The van der Waals surface area contributed by atoms with Crippen molar-refractivity contribution in [3.63, 3.8) is 0 Å². The van der Waals surface area contributed by atoms with Crippen LogP contribution in [-0.4, -0.2) is 49.6 Å². The molecule has 2 saturated heterocycles. The summed E-state index contributed by atoms with van der Waals surface area (Å²) in [6.07, 6.45) is -4.59. The van der Waals surface area contributed by atoms with E-state index in [2.05, 4.69) is 10.2 Å². The minimum atomic E-state index is -4.38. The van der Waals surface area contributed by atoms with Crippen molar-refractivity contribution in [3.8, 4) is 0 Å². The van der Waals surface area contributed by atoms with Crippen molar-refractivity contribution in [1.82, 2.24) is 5.32 Å². The third kappa shape index (κ3) is 10.9. The Hall–Kier alpha value is -2.37. The minimum absolute atomic E-state index is 0.195. The van der Waals surface area contributed by atoms with Gasteiger partial charge in [-0.15, -0.1) is 0 Å². The van der Waals surface area contributed by atoms with E-state index < -0.39 is 29.3 Å². The lowest BCUT2D eigenvalue weighted by Gasteiger charge is -2.33. The maximum Gasteiger partial charge on any atom is 0.416 e. The highest BCUT2D eigenvalue weighted by atomic mass is 19.4. The summed E-state index contributed by atoms with van der Waals surface area (Å²) in [6, 6.07) is 8.24. The van der Waals surface area contributed by atoms with Gasteiger partial charge in [0, 0.05) is 32.0 Å². The molecule has 11 heteroatoms. The van der Waals surface area contributed by atoms with Gasteiger partial charge in [0.1, 0.15) is 5.82 Å². The van der Waals surface area contributed by atoms with Crippen molar-refractivity contribution < 1.29 is 40.9 Å². The van der Waals surface area contributed by atoms with Crippen LogP contribution in [0.4, 0.5) is 36.4 Å². The first-order valence-corrected chi connectivity index (χ1v) is 12.1. The highest BCUT2D eigenvalue weighted by Crippen LogP contribution is 2.31. The lowest BCUT2D eigenvalue weighted by Crippen LogP contribution is -2.34. The van der Waals surface area contributed by atoms with Crippen molar-refractivity contribution in [2.24, 2.45) is 11.8 Å². The molecule has 2 aromatic carbocycles. The Morgan fingerprint density at radius 3 is 1.46 bits per heavy atom. The molecule has 2 aliphatic rings. The molecule has 0 radical (unpaired) electrons. The Morgan fingerprint density at radius 1 is 0.676 bits per heavy atom. The smallest absolute Gasteiger partial charge is 0.396 e. The first-order chi connectivity index (χ1) is 17.4. The van der Waals surface area contributed by atoms with Crippen molar-refractivity contribution in [2.45, 2.75) is 38.0 Å². The number of aliphatic hydroxyl groups excluding tert-OH is 2. The predicted octanol–water partition coefficient (Wildman–Crippen LogP) is 5.74. The fraction of sp³-hybridized carbons (Fsp3) is 0.538. The van der Waals surface area contributed by atoms with Crippen LogP contribution in [-0.2, 0) is 12.4 Å². The summed E-state index contributed by atoms with van der Waals surface area (Å²) in [4.78, 5) is 2.06. The van der Waals surface area contributed by atoms with E-state index in [4.69, 9.17) is 10.2 Å². The average molecular weight is 539 g/mol. The number of halogens is 7. The Morgan fingerprint density at radius 2 is 1.08 bits per heavy atom. The molecule has 0 atom stereocenters. The maximum absolute atomic E-state index is 12.4. The second kappa shape index (κ2) is 14.5. The van der Waals surface area contributed by atoms with Crippen LogP contribution in [0, 0.1) is 17.7 Å². The number of rotatable bonds is 3. The van der Waals surface area contributed by atoms with Gasteiger partial charge in [-0.05, 0) is 99.1 Å². The summed E-state index contributed by atoms with van der Waals surface area (Å²) in [6.45, 7) is 4.33. The number of piperidine rings is 2. The second-order valence-electron chi connectivity index (χ2n) is 9.04. The van der Waals surface area contributed by atoms with E-state index in [1.807, 2.05) is 0 Å². The molecule has 0 unspecified atom stereocenters. The van der Waals surface area contributed by atoms with Crippen LogP contribution in [0.3, 0.4) is 0 Å². The van der Waals surface area contributed by atoms with E-state index in [0.29, 0.717) is 30.6 Å². The molecule has 4 rings (SSSR count). The summed E-state index contributed by atoms with van der Waals surface area (Å²) in [5.41, 5.74) is -0.630. The molecule has 2 aliphatic heterocycles. The fourth-order valence-corrected chi connectivity index (χ4v) is 3.94. The Bertz CT molecular complexity index is 889. The minimum Gasteiger partial charge on any atom is -0.396 e. The van der Waals surface area contributed by atoms with Gasteiger partial charge in [-0.3, -0.25) is 0 Å². The molecule has 0 aromatic heterocycles. The van der Waals surface area contributed by atoms with Gasteiger partial charge in [-0.2, -0.15) is 26.3 Å². The third-order valence-corrected chi connectivity index (χ3v) is 6.32. The van der Waals surface area contributed by atoms with E-state index in [0.717, 1.165) is 81.8 Å². The quantitative estimate of drug-likeness (QED) is 0.437. The van der Waals surface area contributed by atoms with E-state index >= 15 is 0 Å². The molecule has 37 heavy (non-hydrogen) atoms. The fourth-order valence-electron chi connectivity index (χ4n) is 3.94. The van der Waals surface area contributed by atoms with Crippen molar-refractivity contribution in [1.29, 1.82) is 0 Å². The van der Waals surface area contributed by atoms with Gasteiger partial charge in [-0.25, -0.2) is 4.39 Å². The molecule has 2 heterocycles. The SMILES string of the molecule is Fc1ccc(C(F)(F)F)cc1.OCC1CCN(c2ccc(C(F)(F)F)cc2)CC1.OCC1CCNCC1. The normalized spacial score (nSPS) is 17.4. The summed E-state index contributed by atoms with van der Waals surface area (Å²) in [5.74, 6) is 0.241. The average Bonchev–Trinajstić information content (AvgIpc) is 2.89. The zero-order valence-electron chi connectivity index (χ0n) is 20.3. The number of hydrogen-bond donors (Lipinski definition) is 3. The molecule has 2 fully saturated rings. The van der Waals surface area contributed by atoms with Crippen LogP contribution in [0.2, 0.25) is 0 Å². The molecular weight excluding hydrogens is 505 g/mol. The van der Waals surface area contributed by atoms with Crippen LogP contribution < -0.4 is 10.2 Å². The Kier molecular flexibility index (Phi) is 12.1. The zero-order chi connectivity index (χ0) is 27.5. The first kappa shape index (κ1) is 30.9. The van der Waals surface area contributed by atoms with Crippen LogP contribution in [0.5, 0.6) is 0 Å². The molecule has 0 saturated carbocycles. The van der Waals surface area contributed by atoms with Crippen molar-refractivity contribution in [2.75, 3.05) is 44.3 Å². The molecule has 0 bridgehead atoms. The molecule has 2 aromatic rings. The number of anilines is 1. The molecular formula is C26H33F7N2O2. The zero-order valence-corrected chi connectivity index (χ0v) is 20.3. The van der Waals surface area contributed by atoms with Crippen molar-refractivity contribution >= 4 is 5.69 Å². The highest BCUT2D eigenvalue weighted by Gasteiger charge is 2.31. The van der Waals surface area contributed by atoms with Gasteiger partial charge in [-0.1, -0.05) is 0 Å². The molecule has 4 nitrogen and oxygen atoms in total. The van der Waals surface area contributed by atoms with Gasteiger partial charge in [0.2, 0.25) is 0 Å². The lowest BCUT2D eigenvalue weighted by molar-refractivity contribution is -0.138. The third-order valence-electron chi connectivity index (χ3n) is 6.32. The van der Waals surface area contributed by atoms with Crippen LogP contribution in [0.1, 0.15) is 36.8 Å². The Labute approximate surface area is 212 Å². The Balaban J connectivity index is 0.000000215. The first-order valence-electron chi connectivity index (χ1n) is 12.1. The van der Waals surface area contributed by atoms with Gasteiger partial charge in [0.05, 0.1) is 11.1 Å². The molecule has 3 N–H and O–H groups in total. The highest BCUT2D eigenvalue weighted by molar-refractivity contribution is 5.48. The van der Waals surface area contributed by atoms with E-state index in [1.165, 1.54) is 12.1 Å².